The summed E-state index contributed by atoms with van der Waals surface area (Å²) >= 11 is 0. The summed E-state index contributed by atoms with van der Waals surface area (Å²) < 4.78 is 3.09. The third kappa shape index (κ3) is 3.52. The Morgan fingerprint density at radius 1 is 1.21 bits per heavy atom. The van der Waals surface area contributed by atoms with Gasteiger partial charge in [0.05, 0.1) is 23.0 Å². The third-order valence-electron chi connectivity index (χ3n) is 5.64. The second-order valence-electron chi connectivity index (χ2n) is 7.89. The van der Waals surface area contributed by atoms with Gasteiger partial charge in [-0.3, -0.25) is 34.2 Å². The van der Waals surface area contributed by atoms with E-state index in [-0.39, 0.29) is 36.2 Å². The van der Waals surface area contributed by atoms with Gasteiger partial charge < -0.3 is 9.88 Å². The van der Waals surface area contributed by atoms with E-state index in [0.717, 1.165) is 4.90 Å². The highest BCUT2D eigenvalue weighted by molar-refractivity contribution is 6.26. The molecule has 2 aromatic heterocycles. The van der Waals surface area contributed by atoms with Gasteiger partial charge >= 0.3 is 0 Å². The Hall–Kier alpha value is -4.68. The van der Waals surface area contributed by atoms with E-state index in [4.69, 9.17) is 0 Å². The van der Waals surface area contributed by atoms with Crippen LogP contribution in [0.1, 0.15) is 33.6 Å². The number of carbonyl (C=O) groups is 5. The Labute approximate surface area is 191 Å². The van der Waals surface area contributed by atoms with Crippen LogP contribution >= 0.6 is 0 Å². The van der Waals surface area contributed by atoms with Crippen molar-refractivity contribution in [3.63, 3.8) is 0 Å². The number of aryl methyl sites for hydroxylation is 1. The van der Waals surface area contributed by atoms with Gasteiger partial charge in [-0.15, -0.1) is 5.10 Å². The molecule has 1 atom stereocenters. The molecule has 5 amide bonds. The molecule has 0 saturated carbocycles. The van der Waals surface area contributed by atoms with Crippen LogP contribution < -0.4 is 10.6 Å². The standard InChI is InChI=1S/C21H18N8O5/c1-27-8-7-22-18(27)13-9-28(26-25-13)10-16(31)23-12-4-2-3-11-17(12)21(34)29(20(11)33)14-5-6-15(30)24-19(14)32/h2-4,7-9,14H,5-6,10H2,1H3,(H,23,31)(H,24,30,32). The Balaban J connectivity index is 1.34. The van der Waals surface area contributed by atoms with E-state index in [9.17, 15) is 24.0 Å². The summed E-state index contributed by atoms with van der Waals surface area (Å²) in [6.45, 7) is -0.194. The first-order chi connectivity index (χ1) is 16.3. The van der Waals surface area contributed by atoms with Crippen LogP contribution in [0, 0.1) is 0 Å². The molecule has 3 aromatic rings. The summed E-state index contributed by atoms with van der Waals surface area (Å²) in [6, 6.07) is 3.39. The minimum absolute atomic E-state index is 0.00200. The van der Waals surface area contributed by atoms with Crippen molar-refractivity contribution in [3.05, 3.63) is 47.9 Å². The molecule has 4 heterocycles. The molecular weight excluding hydrogens is 444 g/mol. The van der Waals surface area contributed by atoms with Crippen molar-refractivity contribution in [1.29, 1.82) is 0 Å². The van der Waals surface area contributed by atoms with E-state index in [0.29, 0.717) is 11.5 Å². The van der Waals surface area contributed by atoms with E-state index >= 15 is 0 Å². The molecule has 172 valence electrons. The number of nitrogens with zero attached hydrogens (tertiary/aromatic N) is 6. The number of carbonyl (C=O) groups excluding carboxylic acids is 5. The smallest absolute Gasteiger partial charge is 0.264 e. The molecule has 0 bridgehead atoms. The number of fused-ring (bicyclic) bond motifs is 1. The molecule has 1 saturated heterocycles. The molecule has 13 heteroatoms. The molecule has 0 radical (unpaired) electrons. The van der Waals surface area contributed by atoms with Gasteiger partial charge in [-0.1, -0.05) is 11.3 Å². The Morgan fingerprint density at radius 3 is 2.76 bits per heavy atom. The molecule has 2 N–H and O–H groups in total. The number of amides is 5. The van der Waals surface area contributed by atoms with Crippen LogP contribution in [-0.4, -0.2) is 65.0 Å². The van der Waals surface area contributed by atoms with Gasteiger partial charge in [0, 0.05) is 25.9 Å². The topological polar surface area (TPSA) is 161 Å². The Bertz CT molecular complexity index is 1370. The number of aromatic nitrogens is 5. The molecule has 2 aliphatic rings. The maximum Gasteiger partial charge on any atom is 0.264 e. The number of piperidine rings is 1. The zero-order valence-electron chi connectivity index (χ0n) is 17.9. The lowest BCUT2D eigenvalue weighted by Crippen LogP contribution is -2.54. The van der Waals surface area contributed by atoms with E-state index in [1.54, 1.807) is 30.2 Å². The Morgan fingerprint density at radius 2 is 2.03 bits per heavy atom. The average molecular weight is 462 g/mol. The largest absolute Gasteiger partial charge is 0.333 e. The van der Waals surface area contributed by atoms with Crippen LogP contribution in [0.2, 0.25) is 0 Å². The van der Waals surface area contributed by atoms with Crippen LogP contribution in [0.4, 0.5) is 5.69 Å². The first-order valence-electron chi connectivity index (χ1n) is 10.4. The summed E-state index contributed by atoms with van der Waals surface area (Å²) in [6.07, 6.45) is 5.01. The molecule has 13 nitrogen and oxygen atoms in total. The maximum atomic E-state index is 13.1. The minimum atomic E-state index is -1.09. The zero-order chi connectivity index (χ0) is 24.0. The predicted octanol–water partition coefficient (Wildman–Crippen LogP) is -0.281. The summed E-state index contributed by atoms with van der Waals surface area (Å²) in [5.41, 5.74) is 0.699. The molecule has 0 aliphatic carbocycles. The fraction of sp³-hybridized carbons (Fsp3) is 0.238. The van der Waals surface area contributed by atoms with Gasteiger partial charge in [0.25, 0.3) is 11.8 Å². The second-order valence-corrected chi connectivity index (χ2v) is 7.89. The fourth-order valence-electron chi connectivity index (χ4n) is 4.05. The van der Waals surface area contributed by atoms with Crippen molar-refractivity contribution in [2.75, 3.05) is 5.32 Å². The number of imidazole rings is 1. The highest BCUT2D eigenvalue weighted by atomic mass is 16.2. The number of imide groups is 2. The Kier molecular flexibility index (Phi) is 5.00. The monoisotopic (exact) mass is 462 g/mol. The van der Waals surface area contributed by atoms with Crippen molar-refractivity contribution < 1.29 is 24.0 Å². The normalized spacial score (nSPS) is 17.7. The molecular formula is C21H18N8O5. The molecule has 1 aromatic carbocycles. The molecule has 5 rings (SSSR count). The van der Waals surface area contributed by atoms with E-state index in [1.807, 2.05) is 0 Å². The van der Waals surface area contributed by atoms with Gasteiger partial charge in [-0.2, -0.15) is 0 Å². The van der Waals surface area contributed by atoms with Gasteiger partial charge in [0.15, 0.2) is 5.82 Å². The lowest BCUT2D eigenvalue weighted by molar-refractivity contribution is -0.136. The van der Waals surface area contributed by atoms with Gasteiger partial charge in [-0.05, 0) is 18.6 Å². The minimum Gasteiger partial charge on any atom is -0.333 e. The second kappa shape index (κ2) is 8.03. The van der Waals surface area contributed by atoms with Crippen LogP contribution in [0.3, 0.4) is 0 Å². The van der Waals surface area contributed by atoms with Crippen molar-refractivity contribution >= 4 is 35.2 Å². The summed E-state index contributed by atoms with van der Waals surface area (Å²) in [5.74, 6) is -2.42. The van der Waals surface area contributed by atoms with Gasteiger partial charge in [0.2, 0.25) is 17.7 Å². The number of hydrogen-bond acceptors (Lipinski definition) is 8. The molecule has 0 spiro atoms. The number of nitrogens with one attached hydrogen (secondary N) is 2. The maximum absolute atomic E-state index is 13.1. The van der Waals surface area contributed by atoms with E-state index in [2.05, 4.69) is 25.9 Å². The first kappa shape index (κ1) is 21.2. The van der Waals surface area contributed by atoms with Crippen LogP contribution in [0.5, 0.6) is 0 Å². The third-order valence-corrected chi connectivity index (χ3v) is 5.64. The quantitative estimate of drug-likeness (QED) is 0.489. The molecule has 1 unspecified atom stereocenters. The van der Waals surface area contributed by atoms with Crippen molar-refractivity contribution in [2.24, 2.45) is 7.05 Å². The number of benzene rings is 1. The van der Waals surface area contributed by atoms with Gasteiger partial charge in [0.1, 0.15) is 18.3 Å². The summed E-state index contributed by atoms with van der Waals surface area (Å²) in [7, 11) is 1.81. The fourth-order valence-corrected chi connectivity index (χ4v) is 4.05. The first-order valence-corrected chi connectivity index (χ1v) is 10.4. The number of anilines is 1. The molecule has 2 aliphatic heterocycles. The molecule has 34 heavy (non-hydrogen) atoms. The van der Waals surface area contributed by atoms with Crippen LogP contribution in [-0.2, 0) is 28.0 Å². The highest BCUT2D eigenvalue weighted by Crippen LogP contribution is 2.32. The average Bonchev–Trinajstić information content (AvgIpc) is 3.48. The van der Waals surface area contributed by atoms with Crippen LogP contribution in [0.25, 0.3) is 11.5 Å². The lowest BCUT2D eigenvalue weighted by atomic mass is 10.0. The highest BCUT2D eigenvalue weighted by Gasteiger charge is 2.45. The summed E-state index contributed by atoms with van der Waals surface area (Å²) in [5, 5.41) is 12.7. The molecule has 1 fully saturated rings. The van der Waals surface area contributed by atoms with E-state index < -0.39 is 35.6 Å². The SMILES string of the molecule is Cn1ccnc1-c1cn(CC(=O)Nc2cccc3c2C(=O)N(C2CCC(=O)NC2=O)C3=O)nn1. The van der Waals surface area contributed by atoms with Crippen LogP contribution in [0.15, 0.2) is 36.8 Å². The number of hydrogen-bond donors (Lipinski definition) is 2. The number of rotatable bonds is 5. The van der Waals surface area contributed by atoms with E-state index in [1.165, 1.54) is 22.9 Å². The predicted molar refractivity (Wildman–Crippen MR) is 114 cm³/mol. The van der Waals surface area contributed by atoms with Crippen molar-refractivity contribution in [2.45, 2.75) is 25.4 Å². The van der Waals surface area contributed by atoms with Crippen molar-refractivity contribution in [1.82, 2.24) is 34.8 Å². The summed E-state index contributed by atoms with van der Waals surface area (Å²) in [4.78, 5) is 67.4. The van der Waals surface area contributed by atoms with Crippen molar-refractivity contribution in [3.8, 4) is 11.5 Å². The van der Waals surface area contributed by atoms with Gasteiger partial charge in [-0.25, -0.2) is 9.67 Å². The zero-order valence-corrected chi connectivity index (χ0v) is 17.9. The lowest BCUT2D eigenvalue weighted by Gasteiger charge is -2.27.